The SMILES string of the molecule is O=C(O)c1cc([N+](=O)[O-])c(C(=O)O)c(C(=O)O)c1C(=O)O. The zero-order chi connectivity index (χ0) is 16.5. The summed E-state index contributed by atoms with van der Waals surface area (Å²) in [5.74, 6) is -8.17. The standard InChI is InChI=1S/C10H5NO10/c12-7(13)2-1-3(11(20)21)5(9(16)17)6(10(18)19)4(2)8(14)15/h1H,(H,12,13)(H,14,15)(H,16,17)(H,18,19). The maximum atomic E-state index is 11.1. The Kier molecular flexibility index (Phi) is 3.88. The van der Waals surface area contributed by atoms with Crippen LogP contribution in [-0.2, 0) is 0 Å². The molecule has 0 saturated carbocycles. The molecule has 0 unspecified atom stereocenters. The molecule has 0 spiro atoms. The molecule has 0 amide bonds. The normalized spacial score (nSPS) is 9.90. The number of aromatic carboxylic acids is 4. The fourth-order valence-electron chi connectivity index (χ4n) is 1.63. The Bertz CT molecular complexity index is 654. The highest BCUT2D eigenvalue weighted by molar-refractivity contribution is 6.15. The minimum Gasteiger partial charge on any atom is -0.478 e. The molecule has 21 heavy (non-hydrogen) atoms. The Morgan fingerprint density at radius 2 is 1.24 bits per heavy atom. The van der Waals surface area contributed by atoms with Crippen molar-refractivity contribution in [1.29, 1.82) is 0 Å². The lowest BCUT2D eigenvalue weighted by molar-refractivity contribution is -0.385. The van der Waals surface area contributed by atoms with Crippen molar-refractivity contribution < 1.29 is 44.5 Å². The Hall–Kier alpha value is -3.50. The molecule has 0 radical (unpaired) electrons. The number of nitro benzene ring substituents is 1. The molecule has 0 aliphatic rings. The van der Waals surface area contributed by atoms with E-state index in [9.17, 15) is 29.3 Å². The molecule has 0 heterocycles. The van der Waals surface area contributed by atoms with Gasteiger partial charge in [-0.3, -0.25) is 10.1 Å². The van der Waals surface area contributed by atoms with Gasteiger partial charge >= 0.3 is 23.9 Å². The summed E-state index contributed by atoms with van der Waals surface area (Å²) in [4.78, 5) is 53.5. The second kappa shape index (κ2) is 5.24. The predicted molar refractivity (Wildman–Crippen MR) is 60.9 cm³/mol. The molecule has 0 aliphatic heterocycles. The number of carboxylic acid groups (broad SMARTS) is 4. The van der Waals surface area contributed by atoms with Crippen LogP contribution < -0.4 is 0 Å². The first-order valence-corrected chi connectivity index (χ1v) is 4.88. The molecule has 0 atom stereocenters. The highest BCUT2D eigenvalue weighted by Gasteiger charge is 2.36. The van der Waals surface area contributed by atoms with E-state index in [1.807, 2.05) is 0 Å². The van der Waals surface area contributed by atoms with E-state index in [-0.39, 0.29) is 6.07 Å². The number of hydrogen-bond donors (Lipinski definition) is 4. The minimum atomic E-state index is -2.11. The lowest BCUT2D eigenvalue weighted by Crippen LogP contribution is -2.21. The van der Waals surface area contributed by atoms with Crippen LogP contribution in [0.2, 0.25) is 0 Å². The average molecular weight is 299 g/mol. The number of carbonyl (C=O) groups is 4. The summed E-state index contributed by atoms with van der Waals surface area (Å²) >= 11 is 0. The van der Waals surface area contributed by atoms with Gasteiger partial charge in [-0.2, -0.15) is 0 Å². The van der Waals surface area contributed by atoms with Gasteiger partial charge in [-0.1, -0.05) is 0 Å². The third-order valence-corrected chi connectivity index (χ3v) is 2.38. The van der Waals surface area contributed by atoms with Crippen LogP contribution in [0.25, 0.3) is 0 Å². The van der Waals surface area contributed by atoms with Crippen LogP contribution in [0.5, 0.6) is 0 Å². The van der Waals surface area contributed by atoms with E-state index in [2.05, 4.69) is 0 Å². The van der Waals surface area contributed by atoms with Gasteiger partial charge in [-0.05, 0) is 0 Å². The summed E-state index contributed by atoms with van der Waals surface area (Å²) in [5, 5.41) is 46.3. The van der Waals surface area contributed by atoms with Crippen LogP contribution in [0.4, 0.5) is 5.69 Å². The van der Waals surface area contributed by atoms with Crippen LogP contribution in [0, 0.1) is 10.1 Å². The van der Waals surface area contributed by atoms with Gasteiger partial charge in [0.2, 0.25) is 0 Å². The Morgan fingerprint density at radius 3 is 1.52 bits per heavy atom. The van der Waals surface area contributed by atoms with Crippen LogP contribution in [0.15, 0.2) is 6.07 Å². The molecule has 11 heteroatoms. The number of carboxylic acids is 4. The molecule has 0 aromatic heterocycles. The first-order chi connectivity index (χ1) is 9.59. The molecule has 110 valence electrons. The fourth-order valence-corrected chi connectivity index (χ4v) is 1.63. The topological polar surface area (TPSA) is 192 Å². The van der Waals surface area contributed by atoms with Gasteiger partial charge in [0, 0.05) is 6.07 Å². The van der Waals surface area contributed by atoms with Crippen LogP contribution in [0.1, 0.15) is 41.4 Å². The predicted octanol–water partition coefficient (Wildman–Crippen LogP) is 0.388. The molecular formula is C10H5NO10. The van der Waals surface area contributed by atoms with E-state index < -0.39 is 56.7 Å². The second-order valence-electron chi connectivity index (χ2n) is 3.55. The number of hydrogen-bond acceptors (Lipinski definition) is 6. The summed E-state index contributed by atoms with van der Waals surface area (Å²) in [7, 11) is 0. The highest BCUT2D eigenvalue weighted by Crippen LogP contribution is 2.29. The molecule has 0 fully saturated rings. The van der Waals surface area contributed by atoms with E-state index >= 15 is 0 Å². The summed E-state index contributed by atoms with van der Waals surface area (Å²) in [6, 6.07) is 0.196. The molecule has 0 saturated heterocycles. The molecule has 1 aromatic carbocycles. The molecule has 0 bridgehead atoms. The number of benzene rings is 1. The molecule has 11 nitrogen and oxygen atoms in total. The number of nitro groups is 1. The number of rotatable bonds is 5. The summed E-state index contributed by atoms with van der Waals surface area (Å²) in [6.07, 6.45) is 0. The smallest absolute Gasteiger partial charge is 0.343 e. The van der Waals surface area contributed by atoms with Crippen molar-refractivity contribution in [2.75, 3.05) is 0 Å². The van der Waals surface area contributed by atoms with Crippen LogP contribution in [0.3, 0.4) is 0 Å². The second-order valence-corrected chi connectivity index (χ2v) is 3.55. The largest absolute Gasteiger partial charge is 0.478 e. The van der Waals surface area contributed by atoms with Crippen molar-refractivity contribution in [3.63, 3.8) is 0 Å². The van der Waals surface area contributed by atoms with E-state index in [0.717, 1.165) is 0 Å². The Balaban J connectivity index is 4.13. The van der Waals surface area contributed by atoms with Gasteiger partial charge in [0.05, 0.1) is 21.6 Å². The van der Waals surface area contributed by atoms with Crippen molar-refractivity contribution in [1.82, 2.24) is 0 Å². The van der Waals surface area contributed by atoms with Crippen molar-refractivity contribution >= 4 is 29.6 Å². The quantitative estimate of drug-likeness (QED) is 0.436. The molecule has 0 aliphatic carbocycles. The summed E-state index contributed by atoms with van der Waals surface area (Å²) in [5.41, 5.74) is -6.76. The van der Waals surface area contributed by atoms with Crippen molar-refractivity contribution in [2.45, 2.75) is 0 Å². The molecule has 4 N–H and O–H groups in total. The highest BCUT2D eigenvalue weighted by atomic mass is 16.6. The fraction of sp³-hybridized carbons (Fsp3) is 0. The van der Waals surface area contributed by atoms with Gasteiger partial charge in [-0.25, -0.2) is 19.2 Å². The van der Waals surface area contributed by atoms with E-state index in [1.165, 1.54) is 0 Å². The average Bonchev–Trinajstić information content (AvgIpc) is 2.34. The first-order valence-electron chi connectivity index (χ1n) is 4.88. The molecule has 1 rings (SSSR count). The third kappa shape index (κ3) is 2.60. The van der Waals surface area contributed by atoms with Gasteiger partial charge in [-0.15, -0.1) is 0 Å². The van der Waals surface area contributed by atoms with Gasteiger partial charge < -0.3 is 20.4 Å². The van der Waals surface area contributed by atoms with Crippen molar-refractivity contribution in [2.24, 2.45) is 0 Å². The molecular weight excluding hydrogens is 294 g/mol. The van der Waals surface area contributed by atoms with Gasteiger partial charge in [0.1, 0.15) is 0 Å². The lowest BCUT2D eigenvalue weighted by Gasteiger charge is -2.09. The van der Waals surface area contributed by atoms with E-state index in [1.54, 1.807) is 0 Å². The first kappa shape index (κ1) is 15.6. The minimum absolute atomic E-state index is 0.196. The van der Waals surface area contributed by atoms with Gasteiger partial charge in [0.25, 0.3) is 5.69 Å². The van der Waals surface area contributed by atoms with Crippen LogP contribution >= 0.6 is 0 Å². The Morgan fingerprint density at radius 1 is 0.810 bits per heavy atom. The van der Waals surface area contributed by atoms with Crippen LogP contribution in [-0.4, -0.2) is 49.2 Å². The summed E-state index contributed by atoms with van der Waals surface area (Å²) in [6.45, 7) is 0. The number of nitrogens with zero attached hydrogens (tertiary/aromatic N) is 1. The maximum absolute atomic E-state index is 11.1. The zero-order valence-electron chi connectivity index (χ0n) is 9.76. The maximum Gasteiger partial charge on any atom is 0.343 e. The lowest BCUT2D eigenvalue weighted by atomic mass is 9.94. The van der Waals surface area contributed by atoms with E-state index in [4.69, 9.17) is 20.4 Å². The molecule has 1 aromatic rings. The monoisotopic (exact) mass is 299 g/mol. The third-order valence-electron chi connectivity index (χ3n) is 2.38. The zero-order valence-corrected chi connectivity index (χ0v) is 9.76. The van der Waals surface area contributed by atoms with E-state index in [0.29, 0.717) is 0 Å². The Labute approximate surface area is 113 Å². The van der Waals surface area contributed by atoms with Crippen molar-refractivity contribution in [3.8, 4) is 0 Å². The van der Waals surface area contributed by atoms with Gasteiger partial charge in [0.15, 0.2) is 5.56 Å². The summed E-state index contributed by atoms with van der Waals surface area (Å²) < 4.78 is 0. The van der Waals surface area contributed by atoms with Crippen molar-refractivity contribution in [3.05, 3.63) is 38.4 Å².